The van der Waals surface area contributed by atoms with Gasteiger partial charge in [0.05, 0.1) is 0 Å². The van der Waals surface area contributed by atoms with Gasteiger partial charge in [0.15, 0.2) is 0 Å². The van der Waals surface area contributed by atoms with Gasteiger partial charge in [-0.3, -0.25) is 14.4 Å². The Balaban J connectivity index is 2.00. The van der Waals surface area contributed by atoms with Gasteiger partial charge < -0.3 is 15.5 Å². The lowest BCUT2D eigenvalue weighted by Gasteiger charge is -2.22. The third-order valence-electron chi connectivity index (χ3n) is 5.32. The molecule has 0 radical (unpaired) electrons. The average molecular weight is 438 g/mol. The number of hydrogen-bond donors (Lipinski definition) is 2. The lowest BCUT2D eigenvalue weighted by atomic mass is 9.86. The van der Waals surface area contributed by atoms with Gasteiger partial charge in [-0.1, -0.05) is 58.9 Å². The van der Waals surface area contributed by atoms with Gasteiger partial charge in [0.2, 0.25) is 5.91 Å². The number of hydrogen-bond acceptors (Lipinski definition) is 3. The second-order valence-electron chi connectivity index (χ2n) is 9.64. The molecule has 1 unspecified atom stereocenters. The molecule has 0 spiro atoms. The fourth-order valence-electron chi connectivity index (χ4n) is 3.20. The Bertz CT molecular complexity index is 940. The van der Waals surface area contributed by atoms with Crippen molar-refractivity contribution in [3.63, 3.8) is 0 Å². The highest BCUT2D eigenvalue weighted by Crippen LogP contribution is 2.22. The first-order chi connectivity index (χ1) is 14.9. The summed E-state index contributed by atoms with van der Waals surface area (Å²) in [6.07, 6.45) is 0. The van der Waals surface area contributed by atoms with Crippen molar-refractivity contribution in [3.05, 3.63) is 70.8 Å². The second-order valence-corrected chi connectivity index (χ2v) is 9.64. The number of amides is 3. The van der Waals surface area contributed by atoms with E-state index in [1.165, 1.54) is 4.90 Å². The van der Waals surface area contributed by atoms with Crippen LogP contribution in [0.4, 0.5) is 0 Å². The smallest absolute Gasteiger partial charge is 0.253 e. The molecule has 0 heterocycles. The minimum Gasteiger partial charge on any atom is -0.350 e. The summed E-state index contributed by atoms with van der Waals surface area (Å²) in [5.41, 5.74) is 3.14. The van der Waals surface area contributed by atoms with E-state index in [0.29, 0.717) is 17.7 Å². The minimum absolute atomic E-state index is 0.00725. The van der Waals surface area contributed by atoms with Gasteiger partial charge in [-0.25, -0.2) is 0 Å². The van der Waals surface area contributed by atoms with Gasteiger partial charge >= 0.3 is 0 Å². The maximum Gasteiger partial charge on any atom is 0.253 e. The molecular weight excluding hydrogens is 402 g/mol. The van der Waals surface area contributed by atoms with Gasteiger partial charge in [-0.15, -0.1) is 0 Å². The van der Waals surface area contributed by atoms with E-state index < -0.39 is 6.04 Å². The molecule has 2 N–H and O–H groups in total. The SMILES string of the molecule is CC(C)C(NC(=O)c1ccc(C(C)(C)C)cc1)C(=O)NCc1ccc(C(=O)N(C)C)cc1. The summed E-state index contributed by atoms with van der Waals surface area (Å²) in [5, 5.41) is 5.75. The average Bonchev–Trinajstić information content (AvgIpc) is 2.74. The molecule has 1 atom stereocenters. The minimum atomic E-state index is -0.653. The Morgan fingerprint density at radius 2 is 1.41 bits per heavy atom. The summed E-state index contributed by atoms with van der Waals surface area (Å²) in [7, 11) is 3.41. The summed E-state index contributed by atoms with van der Waals surface area (Å²) in [6, 6.07) is 13.9. The van der Waals surface area contributed by atoms with Crippen LogP contribution >= 0.6 is 0 Å². The quantitative estimate of drug-likeness (QED) is 0.692. The molecule has 2 aromatic carbocycles. The second kappa shape index (κ2) is 10.4. The first-order valence-corrected chi connectivity index (χ1v) is 10.9. The Kier molecular flexibility index (Phi) is 8.19. The molecule has 0 aliphatic rings. The van der Waals surface area contributed by atoms with Crippen LogP contribution < -0.4 is 10.6 Å². The first-order valence-electron chi connectivity index (χ1n) is 10.9. The number of nitrogens with one attached hydrogen (secondary N) is 2. The highest BCUT2D eigenvalue weighted by atomic mass is 16.2. The molecule has 0 saturated carbocycles. The number of nitrogens with zero attached hydrogens (tertiary/aromatic N) is 1. The van der Waals surface area contributed by atoms with Gasteiger partial charge in [-0.2, -0.15) is 0 Å². The van der Waals surface area contributed by atoms with E-state index in [0.717, 1.165) is 11.1 Å². The van der Waals surface area contributed by atoms with Gasteiger partial charge in [0.1, 0.15) is 6.04 Å². The Hall–Kier alpha value is -3.15. The summed E-state index contributed by atoms with van der Waals surface area (Å²) in [4.78, 5) is 39.0. The van der Waals surface area contributed by atoms with Crippen molar-refractivity contribution >= 4 is 17.7 Å². The van der Waals surface area contributed by atoms with Crippen LogP contribution in [0.15, 0.2) is 48.5 Å². The normalized spacial score (nSPS) is 12.2. The standard InChI is InChI=1S/C26H35N3O3/c1-17(2)22(28-23(30)19-12-14-21(15-13-19)26(3,4)5)24(31)27-16-18-8-10-20(11-9-18)25(32)29(6)7/h8-15,17,22H,16H2,1-7H3,(H,27,31)(H,28,30). The van der Waals surface area contributed by atoms with Crippen molar-refractivity contribution in [2.24, 2.45) is 5.92 Å². The van der Waals surface area contributed by atoms with Crippen molar-refractivity contribution < 1.29 is 14.4 Å². The summed E-state index contributed by atoms with van der Waals surface area (Å²) >= 11 is 0. The maximum atomic E-state index is 12.8. The molecule has 0 saturated heterocycles. The molecule has 0 fully saturated rings. The zero-order valence-corrected chi connectivity index (χ0v) is 20.2. The van der Waals surface area contributed by atoms with E-state index in [-0.39, 0.29) is 29.1 Å². The molecule has 0 aliphatic heterocycles. The van der Waals surface area contributed by atoms with Crippen LogP contribution in [0.5, 0.6) is 0 Å². The summed E-state index contributed by atoms with van der Waals surface area (Å²) in [6.45, 7) is 10.5. The third kappa shape index (κ3) is 6.67. The summed E-state index contributed by atoms with van der Waals surface area (Å²) in [5.74, 6) is -0.662. The predicted octanol–water partition coefficient (Wildman–Crippen LogP) is 3.76. The predicted molar refractivity (Wildman–Crippen MR) is 128 cm³/mol. The van der Waals surface area contributed by atoms with Crippen LogP contribution in [0, 0.1) is 5.92 Å². The number of carbonyl (C=O) groups is 3. The number of rotatable bonds is 7. The third-order valence-corrected chi connectivity index (χ3v) is 5.32. The molecule has 0 bridgehead atoms. The van der Waals surface area contributed by atoms with Crippen LogP contribution in [0.2, 0.25) is 0 Å². The van der Waals surface area contributed by atoms with Gasteiger partial charge in [0.25, 0.3) is 11.8 Å². The molecule has 3 amide bonds. The monoisotopic (exact) mass is 437 g/mol. The Morgan fingerprint density at radius 3 is 1.88 bits per heavy atom. The van der Waals surface area contributed by atoms with E-state index in [4.69, 9.17) is 0 Å². The number of carbonyl (C=O) groups excluding carboxylic acids is 3. The van der Waals surface area contributed by atoms with E-state index in [9.17, 15) is 14.4 Å². The van der Waals surface area contributed by atoms with E-state index >= 15 is 0 Å². The fourth-order valence-corrected chi connectivity index (χ4v) is 3.20. The topological polar surface area (TPSA) is 78.5 Å². The zero-order chi connectivity index (χ0) is 24.1. The lowest BCUT2D eigenvalue weighted by Crippen LogP contribution is -2.49. The molecule has 6 nitrogen and oxygen atoms in total. The summed E-state index contributed by atoms with van der Waals surface area (Å²) < 4.78 is 0. The van der Waals surface area contributed by atoms with E-state index in [1.807, 2.05) is 38.1 Å². The Morgan fingerprint density at radius 1 is 0.875 bits per heavy atom. The largest absolute Gasteiger partial charge is 0.350 e. The van der Waals surface area contributed by atoms with Crippen molar-refractivity contribution in [2.45, 2.75) is 52.6 Å². The van der Waals surface area contributed by atoms with Crippen molar-refractivity contribution in [3.8, 4) is 0 Å². The van der Waals surface area contributed by atoms with Crippen molar-refractivity contribution in [1.82, 2.24) is 15.5 Å². The van der Waals surface area contributed by atoms with Crippen LogP contribution in [-0.2, 0) is 16.8 Å². The lowest BCUT2D eigenvalue weighted by molar-refractivity contribution is -0.124. The van der Waals surface area contributed by atoms with Gasteiger partial charge in [0, 0.05) is 31.8 Å². The molecule has 172 valence electrons. The zero-order valence-electron chi connectivity index (χ0n) is 20.2. The van der Waals surface area contributed by atoms with E-state index in [1.54, 1.807) is 38.4 Å². The van der Waals surface area contributed by atoms with Crippen LogP contribution in [0.1, 0.15) is 66.5 Å². The van der Waals surface area contributed by atoms with E-state index in [2.05, 4.69) is 31.4 Å². The van der Waals surface area contributed by atoms with Crippen molar-refractivity contribution in [2.75, 3.05) is 14.1 Å². The van der Waals surface area contributed by atoms with Crippen LogP contribution in [-0.4, -0.2) is 42.8 Å². The van der Waals surface area contributed by atoms with Crippen LogP contribution in [0.25, 0.3) is 0 Å². The van der Waals surface area contributed by atoms with Crippen LogP contribution in [0.3, 0.4) is 0 Å². The fraction of sp³-hybridized carbons (Fsp3) is 0.423. The molecular formula is C26H35N3O3. The van der Waals surface area contributed by atoms with Gasteiger partial charge in [-0.05, 0) is 46.7 Å². The molecule has 32 heavy (non-hydrogen) atoms. The van der Waals surface area contributed by atoms with Crippen molar-refractivity contribution in [1.29, 1.82) is 0 Å². The first kappa shape index (κ1) is 25.1. The highest BCUT2D eigenvalue weighted by Gasteiger charge is 2.25. The molecule has 2 aromatic rings. The molecule has 0 aliphatic carbocycles. The highest BCUT2D eigenvalue weighted by molar-refractivity contribution is 5.97. The molecule has 6 heteroatoms. The molecule has 2 rings (SSSR count). The molecule has 0 aromatic heterocycles. The number of benzene rings is 2. The maximum absolute atomic E-state index is 12.8. The Labute approximate surface area is 191 Å².